The largest absolute Gasteiger partial charge is 0.454 e. The van der Waals surface area contributed by atoms with Crippen molar-refractivity contribution >= 4 is 39.4 Å². The lowest BCUT2D eigenvalue weighted by Crippen LogP contribution is -2.32. The molecule has 2 atom stereocenters. The van der Waals surface area contributed by atoms with E-state index in [2.05, 4.69) is 5.32 Å². The first-order valence-corrected chi connectivity index (χ1v) is 13.6. The lowest BCUT2D eigenvalue weighted by atomic mass is 10.1. The lowest BCUT2D eigenvalue weighted by Gasteiger charge is -2.18. The van der Waals surface area contributed by atoms with Crippen LogP contribution in [0, 0.1) is 0 Å². The number of benzene rings is 2. The van der Waals surface area contributed by atoms with Gasteiger partial charge < -0.3 is 24.3 Å². The zero-order valence-electron chi connectivity index (χ0n) is 22.1. The molecule has 0 heterocycles. The molecule has 0 fully saturated rings. The van der Waals surface area contributed by atoms with E-state index in [1.165, 1.54) is 26.8 Å². The summed E-state index contributed by atoms with van der Waals surface area (Å²) in [5.41, 5.74) is -0.0571. The molecule has 0 aliphatic rings. The summed E-state index contributed by atoms with van der Waals surface area (Å²) in [6, 6.07) is 10.7. The average Bonchev–Trinajstić information content (AvgIpc) is 2.87. The Kier molecular flexibility index (Phi) is 11.4. The van der Waals surface area contributed by atoms with Gasteiger partial charge in [-0.2, -0.15) is 0 Å². The van der Waals surface area contributed by atoms with E-state index >= 15 is 0 Å². The average molecular weight is 565 g/mol. The van der Waals surface area contributed by atoms with Crippen molar-refractivity contribution in [2.75, 3.05) is 18.5 Å². The van der Waals surface area contributed by atoms with Gasteiger partial charge in [0.15, 0.2) is 30.3 Å². The highest BCUT2D eigenvalue weighted by atomic mass is 32.2. The predicted octanol–water partition coefficient (Wildman–Crippen LogP) is 2.95. The number of nitrogens with two attached hydrogens (primary N) is 1. The number of anilines is 1. The quantitative estimate of drug-likeness (QED) is 0.196. The number of hydrogen-bond donors (Lipinski definition) is 2. The lowest BCUT2D eigenvalue weighted by molar-refractivity contribution is -0.172. The standard InChI is InChI=1S/C26H32N2O10S/c1-5-6-12-28-21-13-19(14-22(39(27,33)34)24(21)38-20-10-8-7-9-11-20)26(32)35-15-23(30)36-18(4)25(31)37-17(3)16(2)29/h7-11,13-14,17-18,28H,5-6,12,15H2,1-4H3,(H2,27,33,34)/t17-,18-/m0/s1. The maximum atomic E-state index is 12.8. The van der Waals surface area contributed by atoms with Gasteiger partial charge in [0, 0.05) is 6.54 Å². The summed E-state index contributed by atoms with van der Waals surface area (Å²) in [6.07, 6.45) is -0.802. The van der Waals surface area contributed by atoms with Crippen molar-refractivity contribution in [1.82, 2.24) is 0 Å². The van der Waals surface area contributed by atoms with E-state index in [4.69, 9.17) is 24.1 Å². The van der Waals surface area contributed by atoms with Crippen LogP contribution >= 0.6 is 0 Å². The van der Waals surface area contributed by atoms with Gasteiger partial charge in [0.25, 0.3) is 0 Å². The molecule has 0 aromatic heterocycles. The summed E-state index contributed by atoms with van der Waals surface area (Å²) >= 11 is 0. The van der Waals surface area contributed by atoms with E-state index in [1.807, 2.05) is 6.92 Å². The number of ether oxygens (including phenoxy) is 4. The minimum Gasteiger partial charge on any atom is -0.454 e. The molecule has 2 aromatic carbocycles. The summed E-state index contributed by atoms with van der Waals surface area (Å²) in [6.45, 7) is 5.36. The molecule has 0 saturated carbocycles. The molecule has 12 nitrogen and oxygen atoms in total. The number of esters is 3. The van der Waals surface area contributed by atoms with E-state index in [1.54, 1.807) is 30.3 Å². The highest BCUT2D eigenvalue weighted by Crippen LogP contribution is 2.37. The summed E-state index contributed by atoms with van der Waals surface area (Å²) in [4.78, 5) is 47.6. The van der Waals surface area contributed by atoms with Gasteiger partial charge in [0.05, 0.1) is 11.3 Å². The van der Waals surface area contributed by atoms with Crippen LogP contribution in [0.4, 0.5) is 5.69 Å². The van der Waals surface area contributed by atoms with Crippen LogP contribution in [0.2, 0.25) is 0 Å². The number of primary sulfonamides is 1. The molecule has 0 radical (unpaired) electrons. The van der Waals surface area contributed by atoms with E-state index < -0.39 is 57.4 Å². The number of hydrogen-bond acceptors (Lipinski definition) is 11. The first-order valence-electron chi connectivity index (χ1n) is 12.1. The van der Waals surface area contributed by atoms with Gasteiger partial charge >= 0.3 is 17.9 Å². The Morgan fingerprint density at radius 3 is 2.26 bits per heavy atom. The molecule has 0 saturated heterocycles. The number of carbonyl (C=O) groups excluding carboxylic acids is 4. The van der Waals surface area contributed by atoms with E-state index in [0.717, 1.165) is 18.9 Å². The Morgan fingerprint density at radius 2 is 1.67 bits per heavy atom. The number of sulfonamides is 1. The molecule has 13 heteroatoms. The predicted molar refractivity (Wildman–Crippen MR) is 140 cm³/mol. The SMILES string of the molecule is CCCCNc1cc(C(=O)OCC(=O)O[C@@H](C)C(=O)O[C@@H](C)C(C)=O)cc(S(N)(=O)=O)c1Oc1ccccc1. The number of rotatable bonds is 14. The van der Waals surface area contributed by atoms with Crippen molar-refractivity contribution in [3.63, 3.8) is 0 Å². The fraction of sp³-hybridized carbons (Fsp3) is 0.385. The Hall–Kier alpha value is -3.97. The van der Waals surface area contributed by atoms with Crippen LogP contribution in [-0.2, 0) is 38.6 Å². The van der Waals surface area contributed by atoms with Gasteiger partial charge in [0.1, 0.15) is 10.6 Å². The third-order valence-corrected chi connectivity index (χ3v) is 6.15. The molecule has 0 unspecified atom stereocenters. The van der Waals surface area contributed by atoms with Gasteiger partial charge in [-0.1, -0.05) is 31.5 Å². The molecule has 3 N–H and O–H groups in total. The van der Waals surface area contributed by atoms with Gasteiger partial charge in [-0.05, 0) is 51.5 Å². The van der Waals surface area contributed by atoms with Gasteiger partial charge in [-0.3, -0.25) is 4.79 Å². The summed E-state index contributed by atoms with van der Waals surface area (Å²) in [5, 5.41) is 8.48. The maximum Gasteiger partial charge on any atom is 0.347 e. The van der Waals surface area contributed by atoms with Crippen molar-refractivity contribution in [3.8, 4) is 11.5 Å². The number of unbranched alkanes of at least 4 members (excludes halogenated alkanes) is 1. The summed E-state index contributed by atoms with van der Waals surface area (Å²) < 4.78 is 45.4. The second-order valence-electron chi connectivity index (χ2n) is 8.49. The zero-order valence-corrected chi connectivity index (χ0v) is 22.9. The molecule has 212 valence electrons. The molecule has 0 amide bonds. The normalized spacial score (nSPS) is 12.5. The van der Waals surface area contributed by atoms with Crippen molar-refractivity contribution in [2.45, 2.75) is 57.6 Å². The van der Waals surface area contributed by atoms with Crippen LogP contribution in [0.15, 0.2) is 47.4 Å². The Balaban J connectivity index is 2.24. The van der Waals surface area contributed by atoms with Crippen LogP contribution in [0.1, 0.15) is 50.9 Å². The summed E-state index contributed by atoms with van der Waals surface area (Å²) in [7, 11) is -4.38. The van der Waals surface area contributed by atoms with Crippen LogP contribution in [0.3, 0.4) is 0 Å². The molecule has 39 heavy (non-hydrogen) atoms. The smallest absolute Gasteiger partial charge is 0.347 e. The zero-order chi connectivity index (χ0) is 29.2. The van der Waals surface area contributed by atoms with Gasteiger partial charge in [-0.15, -0.1) is 0 Å². The molecular formula is C26H32N2O10S. The number of para-hydroxylation sites is 1. The van der Waals surface area contributed by atoms with Crippen molar-refractivity contribution in [3.05, 3.63) is 48.0 Å². The number of nitrogens with one attached hydrogen (secondary N) is 1. The number of ketones is 1. The van der Waals surface area contributed by atoms with Crippen LogP contribution in [0.5, 0.6) is 11.5 Å². The van der Waals surface area contributed by atoms with E-state index in [0.29, 0.717) is 12.3 Å². The minimum absolute atomic E-state index is 0.108. The van der Waals surface area contributed by atoms with E-state index in [9.17, 15) is 27.6 Å². The molecule has 2 aromatic rings. The Labute approximate surface area is 226 Å². The van der Waals surface area contributed by atoms with Crippen molar-refractivity contribution < 1.29 is 46.5 Å². The van der Waals surface area contributed by atoms with Crippen LogP contribution < -0.4 is 15.2 Å². The molecule has 0 aliphatic carbocycles. The van der Waals surface area contributed by atoms with Crippen LogP contribution in [-0.4, -0.2) is 57.5 Å². The number of Topliss-reactive ketones (excluding diaryl/α,β-unsaturated/α-hetero) is 1. The fourth-order valence-corrected chi connectivity index (χ4v) is 3.72. The fourth-order valence-electron chi connectivity index (χ4n) is 3.01. The highest BCUT2D eigenvalue weighted by Gasteiger charge is 2.26. The Bertz CT molecular complexity index is 1300. The van der Waals surface area contributed by atoms with Gasteiger partial charge in [-0.25, -0.2) is 27.9 Å². The Morgan fingerprint density at radius 1 is 1.00 bits per heavy atom. The molecular weight excluding hydrogens is 532 g/mol. The van der Waals surface area contributed by atoms with Crippen molar-refractivity contribution in [2.24, 2.45) is 5.14 Å². The molecule has 0 bridgehead atoms. The first kappa shape index (κ1) is 31.2. The third kappa shape index (κ3) is 9.69. The van der Waals surface area contributed by atoms with Gasteiger partial charge in [0.2, 0.25) is 10.0 Å². The topological polar surface area (TPSA) is 177 Å². The second kappa shape index (κ2) is 14.3. The second-order valence-corrected chi connectivity index (χ2v) is 10.0. The highest BCUT2D eigenvalue weighted by molar-refractivity contribution is 7.89. The van der Waals surface area contributed by atoms with Crippen molar-refractivity contribution in [1.29, 1.82) is 0 Å². The summed E-state index contributed by atoms with van der Waals surface area (Å²) in [5.74, 6) is -3.24. The third-order valence-electron chi connectivity index (χ3n) is 5.23. The number of carbonyl (C=O) groups is 4. The van der Waals surface area contributed by atoms with Crippen LogP contribution in [0.25, 0.3) is 0 Å². The first-order chi connectivity index (χ1) is 18.3. The molecule has 0 spiro atoms. The monoisotopic (exact) mass is 564 g/mol. The molecule has 2 rings (SSSR count). The van der Waals surface area contributed by atoms with E-state index in [-0.39, 0.29) is 17.0 Å². The maximum absolute atomic E-state index is 12.8. The molecule has 0 aliphatic heterocycles. The minimum atomic E-state index is -4.38.